The van der Waals surface area contributed by atoms with E-state index in [-0.39, 0.29) is 18.3 Å². The van der Waals surface area contributed by atoms with Crippen molar-refractivity contribution in [2.45, 2.75) is 6.42 Å². The predicted octanol–water partition coefficient (Wildman–Crippen LogP) is -1.71. The van der Waals surface area contributed by atoms with Crippen molar-refractivity contribution in [1.29, 1.82) is 0 Å². The third kappa shape index (κ3) is 4.25. The molecule has 4 heteroatoms. The van der Waals surface area contributed by atoms with Crippen molar-refractivity contribution in [3.63, 3.8) is 0 Å². The molecule has 1 amide bonds. The highest BCUT2D eigenvalue weighted by molar-refractivity contribution is 5.84. The maximum absolute atomic E-state index is 11.6. The van der Waals surface area contributed by atoms with Gasteiger partial charge in [-0.25, -0.2) is 0 Å². The summed E-state index contributed by atoms with van der Waals surface area (Å²) in [6, 6.07) is 15.3. The lowest BCUT2D eigenvalue weighted by molar-refractivity contribution is -0.642. The Bertz CT molecular complexity index is 416. The summed E-state index contributed by atoms with van der Waals surface area (Å²) in [6.45, 7) is 0. The summed E-state index contributed by atoms with van der Waals surface area (Å²) in [5, 5.41) is 0. The predicted molar refractivity (Wildman–Crippen MR) is 61.2 cm³/mol. The first-order chi connectivity index (χ1) is 7.84. The maximum Gasteiger partial charge on any atom is 0.279 e. The van der Waals surface area contributed by atoms with Crippen molar-refractivity contribution < 1.29 is 21.9 Å². The molecule has 0 saturated heterocycles. The number of pyridine rings is 1. The van der Waals surface area contributed by atoms with Gasteiger partial charge in [0.1, 0.15) is 0 Å². The zero-order valence-electron chi connectivity index (χ0n) is 9.21. The zero-order valence-corrected chi connectivity index (χ0v) is 9.97. The second kappa shape index (κ2) is 6.66. The summed E-state index contributed by atoms with van der Waals surface area (Å²) in [4.78, 5) is 11.6. The van der Waals surface area contributed by atoms with Crippen LogP contribution in [0.15, 0.2) is 60.9 Å². The summed E-state index contributed by atoms with van der Waals surface area (Å²) >= 11 is 0. The van der Waals surface area contributed by atoms with Crippen LogP contribution in [-0.4, -0.2) is 5.91 Å². The smallest absolute Gasteiger partial charge is 0.279 e. The highest BCUT2D eigenvalue weighted by Crippen LogP contribution is 1.98. The number of carbonyl (C=O) groups excluding carboxylic acids is 1. The molecule has 1 aromatic heterocycles. The number of nitrogens with one attached hydrogen (secondary N) is 1. The molecule has 3 nitrogen and oxygen atoms in total. The van der Waals surface area contributed by atoms with Crippen molar-refractivity contribution in [2.75, 3.05) is 5.43 Å². The van der Waals surface area contributed by atoms with Crippen LogP contribution in [0.2, 0.25) is 0 Å². The number of carbonyl (C=O) groups is 1. The van der Waals surface area contributed by atoms with Gasteiger partial charge in [0.2, 0.25) is 0 Å². The minimum Gasteiger partial charge on any atom is -1.00 e. The fourth-order valence-corrected chi connectivity index (χ4v) is 1.44. The fraction of sp³-hybridized carbons (Fsp3) is 0.0769. The van der Waals surface area contributed by atoms with Gasteiger partial charge in [-0.3, -0.25) is 4.79 Å². The molecule has 88 valence electrons. The number of rotatable bonds is 3. The Kier molecular flexibility index (Phi) is 5.17. The Morgan fingerprint density at radius 3 is 2.24 bits per heavy atom. The summed E-state index contributed by atoms with van der Waals surface area (Å²) in [6.07, 6.45) is 3.98. The van der Waals surface area contributed by atoms with E-state index in [9.17, 15) is 4.79 Å². The average molecular weight is 249 g/mol. The topological polar surface area (TPSA) is 33.0 Å². The molecular formula is C13H13ClN2O. The van der Waals surface area contributed by atoms with E-state index in [1.54, 1.807) is 17.1 Å². The normalized spacial score (nSPS) is 9.18. The molecule has 2 aromatic rings. The van der Waals surface area contributed by atoms with Crippen LogP contribution in [0.25, 0.3) is 0 Å². The van der Waals surface area contributed by atoms with E-state index in [4.69, 9.17) is 0 Å². The molecule has 0 saturated carbocycles. The first-order valence-corrected chi connectivity index (χ1v) is 5.15. The fourth-order valence-electron chi connectivity index (χ4n) is 1.44. The van der Waals surface area contributed by atoms with Crippen molar-refractivity contribution in [3.05, 3.63) is 66.5 Å². The van der Waals surface area contributed by atoms with Gasteiger partial charge >= 0.3 is 0 Å². The van der Waals surface area contributed by atoms with Gasteiger partial charge < -0.3 is 12.4 Å². The molecule has 0 fully saturated rings. The van der Waals surface area contributed by atoms with Crippen LogP contribution >= 0.6 is 0 Å². The standard InChI is InChI=1S/C13H12N2O.ClH/c16-13(11-12-7-3-1-4-8-12)14-15-9-5-2-6-10-15;/h1-10H,11H2;1H. The van der Waals surface area contributed by atoms with Gasteiger partial charge in [0.15, 0.2) is 12.4 Å². The van der Waals surface area contributed by atoms with Crippen LogP contribution in [0.3, 0.4) is 0 Å². The largest absolute Gasteiger partial charge is 1.00 e. The highest BCUT2D eigenvalue weighted by Gasteiger charge is 2.07. The molecule has 1 N–H and O–H groups in total. The number of hydrogen-bond acceptors (Lipinski definition) is 1. The molecule has 1 aromatic carbocycles. The number of halogens is 1. The molecule has 0 radical (unpaired) electrons. The molecule has 17 heavy (non-hydrogen) atoms. The first kappa shape index (κ1) is 13.2. The SMILES string of the molecule is O=C(Cc1ccccc1)N[n+]1ccccc1.[Cl-]. The lowest BCUT2D eigenvalue weighted by atomic mass is 10.1. The van der Waals surface area contributed by atoms with Gasteiger partial charge in [0, 0.05) is 12.1 Å². The van der Waals surface area contributed by atoms with Crippen molar-refractivity contribution >= 4 is 5.91 Å². The van der Waals surface area contributed by atoms with Crippen LogP contribution in [-0.2, 0) is 11.2 Å². The van der Waals surface area contributed by atoms with Crippen molar-refractivity contribution in [1.82, 2.24) is 0 Å². The van der Waals surface area contributed by atoms with Crippen LogP contribution in [0.5, 0.6) is 0 Å². The quantitative estimate of drug-likeness (QED) is 0.645. The molecule has 2 rings (SSSR count). The van der Waals surface area contributed by atoms with E-state index in [0.29, 0.717) is 6.42 Å². The number of nitrogens with zero attached hydrogens (tertiary/aromatic N) is 1. The Balaban J connectivity index is 0.00000144. The van der Waals surface area contributed by atoms with Crippen molar-refractivity contribution in [2.24, 2.45) is 0 Å². The van der Waals surface area contributed by atoms with Gasteiger partial charge in [0.25, 0.3) is 5.91 Å². The van der Waals surface area contributed by atoms with Crippen LogP contribution in [0.1, 0.15) is 5.56 Å². The zero-order chi connectivity index (χ0) is 11.2. The maximum atomic E-state index is 11.6. The summed E-state index contributed by atoms with van der Waals surface area (Å²) < 4.78 is 1.64. The van der Waals surface area contributed by atoms with E-state index in [0.717, 1.165) is 5.56 Å². The lowest BCUT2D eigenvalue weighted by Crippen LogP contribution is -3.00. The third-order valence-electron chi connectivity index (χ3n) is 2.18. The molecule has 0 unspecified atom stereocenters. The highest BCUT2D eigenvalue weighted by atomic mass is 35.5. The Morgan fingerprint density at radius 2 is 1.59 bits per heavy atom. The number of benzene rings is 1. The number of hydrogen-bond donors (Lipinski definition) is 1. The van der Waals surface area contributed by atoms with Crippen LogP contribution in [0.4, 0.5) is 0 Å². The number of amides is 1. The molecule has 0 aliphatic carbocycles. The van der Waals surface area contributed by atoms with Crippen LogP contribution < -0.4 is 22.5 Å². The van der Waals surface area contributed by atoms with E-state index in [2.05, 4.69) is 5.43 Å². The minimum atomic E-state index is -0.0256. The molecule has 0 atom stereocenters. The second-order valence-corrected chi connectivity index (χ2v) is 3.48. The van der Waals surface area contributed by atoms with E-state index in [1.165, 1.54) is 0 Å². The minimum absolute atomic E-state index is 0. The van der Waals surface area contributed by atoms with E-state index >= 15 is 0 Å². The van der Waals surface area contributed by atoms with Gasteiger partial charge in [-0.15, -0.1) is 5.43 Å². The molecule has 1 heterocycles. The van der Waals surface area contributed by atoms with Crippen molar-refractivity contribution in [3.8, 4) is 0 Å². The van der Waals surface area contributed by atoms with Gasteiger partial charge in [-0.1, -0.05) is 41.1 Å². The summed E-state index contributed by atoms with van der Waals surface area (Å²) in [5.41, 5.74) is 3.78. The third-order valence-corrected chi connectivity index (χ3v) is 2.18. The van der Waals surface area contributed by atoms with Gasteiger partial charge in [-0.2, -0.15) is 0 Å². The Morgan fingerprint density at radius 1 is 1.00 bits per heavy atom. The second-order valence-electron chi connectivity index (χ2n) is 3.48. The van der Waals surface area contributed by atoms with E-state index in [1.807, 2.05) is 48.5 Å². The molecule has 0 bridgehead atoms. The monoisotopic (exact) mass is 248 g/mol. The van der Waals surface area contributed by atoms with Gasteiger partial charge in [-0.05, 0) is 5.56 Å². The summed E-state index contributed by atoms with van der Waals surface area (Å²) in [5.74, 6) is -0.0256. The number of aromatic nitrogens is 1. The first-order valence-electron chi connectivity index (χ1n) is 5.15. The molecular weight excluding hydrogens is 236 g/mol. The lowest BCUT2D eigenvalue weighted by Gasteiger charge is -1.99. The van der Waals surface area contributed by atoms with Gasteiger partial charge in [0.05, 0.1) is 6.42 Å². The van der Waals surface area contributed by atoms with Crippen LogP contribution in [0, 0.1) is 0 Å². The molecule has 0 aliphatic rings. The molecule has 0 aliphatic heterocycles. The average Bonchev–Trinajstić information content (AvgIpc) is 2.31. The Labute approximate surface area is 106 Å². The van der Waals surface area contributed by atoms with E-state index < -0.39 is 0 Å². The molecule has 0 spiro atoms. The Hall–Kier alpha value is -1.87. The summed E-state index contributed by atoms with van der Waals surface area (Å²) in [7, 11) is 0.